The predicted molar refractivity (Wildman–Crippen MR) is 64.2 cm³/mol. The third-order valence-corrected chi connectivity index (χ3v) is 3.10. The number of anilines is 2. The molecular weight excluding hydrogens is 200 g/mol. The summed E-state index contributed by atoms with van der Waals surface area (Å²) in [6, 6.07) is 8.52. The topological polar surface area (TPSA) is 57.9 Å². The number of aromatic nitrogens is 2. The molecule has 0 radical (unpaired) electrons. The van der Waals surface area contributed by atoms with E-state index in [1.54, 1.807) is 6.20 Å². The van der Waals surface area contributed by atoms with Crippen molar-refractivity contribution >= 4 is 11.5 Å². The molecule has 4 nitrogen and oxygen atoms in total. The maximum atomic E-state index is 5.79. The Morgan fingerprint density at radius 2 is 2.25 bits per heavy atom. The molecule has 0 amide bonds. The number of rotatable bonds is 2. The van der Waals surface area contributed by atoms with Gasteiger partial charge in [0.2, 0.25) is 0 Å². The molecule has 0 aliphatic carbocycles. The van der Waals surface area contributed by atoms with Crippen molar-refractivity contribution in [1.82, 2.24) is 10.2 Å². The fourth-order valence-corrected chi connectivity index (χ4v) is 2.22. The highest BCUT2D eigenvalue weighted by molar-refractivity contribution is 5.58. The first kappa shape index (κ1) is 9.27. The van der Waals surface area contributed by atoms with Gasteiger partial charge in [-0.3, -0.25) is 5.10 Å². The molecule has 0 saturated carbocycles. The Morgan fingerprint density at radius 3 is 3.06 bits per heavy atom. The number of fused-ring (bicyclic) bond motifs is 1. The van der Waals surface area contributed by atoms with Crippen molar-refractivity contribution in [1.29, 1.82) is 0 Å². The van der Waals surface area contributed by atoms with Gasteiger partial charge in [-0.2, -0.15) is 5.10 Å². The summed E-state index contributed by atoms with van der Waals surface area (Å²) in [6.07, 6.45) is 2.92. The van der Waals surface area contributed by atoms with E-state index in [0.717, 1.165) is 25.1 Å². The summed E-state index contributed by atoms with van der Waals surface area (Å²) in [5.41, 5.74) is 9.60. The van der Waals surface area contributed by atoms with Crippen LogP contribution in [0.15, 0.2) is 30.5 Å². The highest BCUT2D eigenvalue weighted by Gasteiger charge is 2.19. The Kier molecular flexibility index (Phi) is 2.06. The van der Waals surface area contributed by atoms with Crippen LogP contribution in [0.1, 0.15) is 11.1 Å². The first-order valence-electron chi connectivity index (χ1n) is 5.45. The van der Waals surface area contributed by atoms with Gasteiger partial charge in [0.25, 0.3) is 0 Å². The van der Waals surface area contributed by atoms with E-state index in [1.807, 2.05) is 0 Å². The lowest BCUT2D eigenvalue weighted by atomic mass is 10.2. The molecule has 0 atom stereocenters. The van der Waals surface area contributed by atoms with Gasteiger partial charge in [0.15, 0.2) is 0 Å². The second kappa shape index (κ2) is 3.56. The number of benzene rings is 1. The molecule has 0 bridgehead atoms. The first-order chi connectivity index (χ1) is 7.84. The van der Waals surface area contributed by atoms with Crippen LogP contribution in [0.5, 0.6) is 0 Å². The van der Waals surface area contributed by atoms with Gasteiger partial charge >= 0.3 is 0 Å². The fourth-order valence-electron chi connectivity index (χ4n) is 2.22. The molecule has 0 unspecified atom stereocenters. The van der Waals surface area contributed by atoms with E-state index >= 15 is 0 Å². The quantitative estimate of drug-likeness (QED) is 0.797. The molecule has 1 aliphatic rings. The number of hydrogen-bond acceptors (Lipinski definition) is 3. The monoisotopic (exact) mass is 214 g/mol. The second-order valence-electron chi connectivity index (χ2n) is 4.11. The molecule has 3 N–H and O–H groups in total. The van der Waals surface area contributed by atoms with E-state index in [9.17, 15) is 0 Å². The second-order valence-corrected chi connectivity index (χ2v) is 4.11. The van der Waals surface area contributed by atoms with E-state index in [4.69, 9.17) is 5.73 Å². The molecule has 0 spiro atoms. The number of para-hydroxylation sites is 1. The van der Waals surface area contributed by atoms with Gasteiger partial charge in [-0.05, 0) is 18.1 Å². The van der Waals surface area contributed by atoms with Crippen LogP contribution in [0.3, 0.4) is 0 Å². The minimum Gasteiger partial charge on any atom is -0.384 e. The van der Waals surface area contributed by atoms with Gasteiger partial charge in [0.1, 0.15) is 5.82 Å². The summed E-state index contributed by atoms with van der Waals surface area (Å²) in [5, 5.41) is 6.71. The number of H-pyrrole nitrogens is 1. The Labute approximate surface area is 94.1 Å². The zero-order valence-electron chi connectivity index (χ0n) is 8.98. The molecular formula is C12H14N4. The van der Waals surface area contributed by atoms with Crippen molar-refractivity contribution in [3.8, 4) is 0 Å². The van der Waals surface area contributed by atoms with Crippen molar-refractivity contribution in [2.45, 2.75) is 13.0 Å². The third-order valence-electron chi connectivity index (χ3n) is 3.10. The summed E-state index contributed by atoms with van der Waals surface area (Å²) in [7, 11) is 0. The largest absolute Gasteiger partial charge is 0.384 e. The van der Waals surface area contributed by atoms with Crippen LogP contribution in [0.25, 0.3) is 0 Å². The molecule has 2 heterocycles. The summed E-state index contributed by atoms with van der Waals surface area (Å²) in [6.45, 7) is 1.89. The number of nitrogens with one attached hydrogen (secondary N) is 1. The third kappa shape index (κ3) is 1.43. The van der Waals surface area contributed by atoms with Crippen LogP contribution in [0, 0.1) is 0 Å². The molecule has 1 aliphatic heterocycles. The van der Waals surface area contributed by atoms with E-state index in [-0.39, 0.29) is 0 Å². The molecule has 3 rings (SSSR count). The minimum absolute atomic E-state index is 0.671. The van der Waals surface area contributed by atoms with Crippen LogP contribution < -0.4 is 10.6 Å². The molecule has 1 aromatic heterocycles. The standard InChI is InChI=1S/C12H14N4/c13-12-10(7-14-15-12)8-16-6-5-9-3-1-2-4-11(9)16/h1-4,7H,5-6,8H2,(H3,13,14,15). The molecule has 0 saturated heterocycles. The van der Waals surface area contributed by atoms with Crippen molar-refractivity contribution in [2.24, 2.45) is 0 Å². The van der Waals surface area contributed by atoms with Gasteiger partial charge in [-0.15, -0.1) is 0 Å². The smallest absolute Gasteiger partial charge is 0.123 e. The van der Waals surface area contributed by atoms with Gasteiger partial charge in [-0.25, -0.2) is 0 Å². The number of nitrogens with two attached hydrogens (primary N) is 1. The average Bonchev–Trinajstić information content (AvgIpc) is 2.88. The van der Waals surface area contributed by atoms with E-state index in [2.05, 4.69) is 39.4 Å². The zero-order chi connectivity index (χ0) is 11.0. The summed E-state index contributed by atoms with van der Waals surface area (Å²) >= 11 is 0. The maximum absolute atomic E-state index is 5.79. The Bertz CT molecular complexity index is 503. The van der Waals surface area contributed by atoms with Crippen LogP contribution in [-0.4, -0.2) is 16.7 Å². The summed E-state index contributed by atoms with van der Waals surface area (Å²) < 4.78 is 0. The van der Waals surface area contributed by atoms with Crippen LogP contribution in [0.2, 0.25) is 0 Å². The molecule has 2 aromatic rings. The van der Waals surface area contributed by atoms with Crippen molar-refractivity contribution in [3.05, 3.63) is 41.6 Å². The SMILES string of the molecule is Nc1[nH]ncc1CN1CCc2ccccc21. The number of hydrogen-bond donors (Lipinski definition) is 2. The highest BCUT2D eigenvalue weighted by atomic mass is 15.2. The van der Waals surface area contributed by atoms with Crippen LogP contribution in [-0.2, 0) is 13.0 Å². The number of nitrogen functional groups attached to an aromatic ring is 1. The van der Waals surface area contributed by atoms with Crippen LogP contribution in [0.4, 0.5) is 11.5 Å². The molecule has 4 heteroatoms. The summed E-state index contributed by atoms with van der Waals surface area (Å²) in [5.74, 6) is 0.671. The average molecular weight is 214 g/mol. The number of aromatic amines is 1. The Morgan fingerprint density at radius 1 is 1.38 bits per heavy atom. The van der Waals surface area contributed by atoms with Crippen molar-refractivity contribution in [3.63, 3.8) is 0 Å². The molecule has 82 valence electrons. The molecule has 0 fully saturated rings. The first-order valence-corrected chi connectivity index (χ1v) is 5.45. The van der Waals surface area contributed by atoms with Gasteiger partial charge in [0, 0.05) is 24.3 Å². The highest BCUT2D eigenvalue weighted by Crippen LogP contribution is 2.29. The van der Waals surface area contributed by atoms with Gasteiger partial charge in [0.05, 0.1) is 6.20 Å². The lowest BCUT2D eigenvalue weighted by molar-refractivity contribution is 0.838. The lowest BCUT2D eigenvalue weighted by Crippen LogP contribution is -2.19. The van der Waals surface area contributed by atoms with E-state index < -0.39 is 0 Å². The van der Waals surface area contributed by atoms with Gasteiger partial charge in [-0.1, -0.05) is 18.2 Å². The maximum Gasteiger partial charge on any atom is 0.123 e. The van der Waals surface area contributed by atoms with Crippen molar-refractivity contribution < 1.29 is 0 Å². The van der Waals surface area contributed by atoms with E-state index in [0.29, 0.717) is 5.82 Å². The van der Waals surface area contributed by atoms with Crippen LogP contribution >= 0.6 is 0 Å². The van der Waals surface area contributed by atoms with Crippen molar-refractivity contribution in [2.75, 3.05) is 17.2 Å². The Hall–Kier alpha value is -1.97. The predicted octanol–water partition coefficient (Wildman–Crippen LogP) is 1.55. The number of nitrogens with zero attached hydrogens (tertiary/aromatic N) is 2. The Balaban J connectivity index is 1.86. The zero-order valence-corrected chi connectivity index (χ0v) is 8.98. The fraction of sp³-hybridized carbons (Fsp3) is 0.250. The molecule has 1 aromatic carbocycles. The van der Waals surface area contributed by atoms with Gasteiger partial charge < -0.3 is 10.6 Å². The lowest BCUT2D eigenvalue weighted by Gasteiger charge is -2.18. The van der Waals surface area contributed by atoms with E-state index in [1.165, 1.54) is 11.3 Å². The normalized spacial score (nSPS) is 14.1. The molecule has 16 heavy (non-hydrogen) atoms. The summed E-state index contributed by atoms with van der Waals surface area (Å²) in [4.78, 5) is 2.34. The minimum atomic E-state index is 0.671.